The van der Waals surface area contributed by atoms with Gasteiger partial charge in [0.05, 0.1) is 11.9 Å². The van der Waals surface area contributed by atoms with E-state index >= 15 is 0 Å². The molecule has 2 heterocycles. The Kier molecular flexibility index (Phi) is 3.40. The molecular weight excluding hydrogens is 238 g/mol. The van der Waals surface area contributed by atoms with E-state index in [1.807, 2.05) is 12.1 Å². The second kappa shape index (κ2) is 5.19. The van der Waals surface area contributed by atoms with Gasteiger partial charge in [-0.2, -0.15) is 0 Å². The van der Waals surface area contributed by atoms with Crippen molar-refractivity contribution in [3.63, 3.8) is 0 Å². The zero-order chi connectivity index (χ0) is 13.2. The molecule has 0 radical (unpaired) electrons. The molecule has 1 atom stereocenters. The second-order valence-corrected chi connectivity index (χ2v) is 5.86. The number of carbonyl (C=O) groups excluding carboxylic acids is 1. The Hall–Kier alpha value is -1.58. The number of pyridine rings is 1. The van der Waals surface area contributed by atoms with Crippen LogP contribution in [-0.4, -0.2) is 24.0 Å². The van der Waals surface area contributed by atoms with E-state index in [1.54, 1.807) is 6.20 Å². The minimum absolute atomic E-state index is 0.140. The van der Waals surface area contributed by atoms with E-state index in [9.17, 15) is 4.79 Å². The highest BCUT2D eigenvalue weighted by atomic mass is 16.2. The minimum Gasteiger partial charge on any atom is -0.356 e. The molecule has 1 aliphatic heterocycles. The van der Waals surface area contributed by atoms with Gasteiger partial charge in [0, 0.05) is 19.0 Å². The van der Waals surface area contributed by atoms with E-state index in [2.05, 4.69) is 22.1 Å². The summed E-state index contributed by atoms with van der Waals surface area (Å²) in [4.78, 5) is 18.5. The Bertz CT molecular complexity index is 453. The fourth-order valence-electron chi connectivity index (χ4n) is 2.63. The third-order valence-corrected chi connectivity index (χ3v) is 3.94. The highest BCUT2D eigenvalue weighted by molar-refractivity contribution is 5.93. The SMILES string of the molecule is CC1CCCN(c2ccc(NC(=O)C3CC3)cn2)C1. The first-order valence-corrected chi connectivity index (χ1v) is 7.24. The van der Waals surface area contributed by atoms with Gasteiger partial charge in [0.2, 0.25) is 5.91 Å². The lowest BCUT2D eigenvalue weighted by Gasteiger charge is -2.31. The monoisotopic (exact) mass is 259 g/mol. The van der Waals surface area contributed by atoms with Gasteiger partial charge in [-0.15, -0.1) is 0 Å². The number of nitrogens with one attached hydrogen (secondary N) is 1. The molecule has 19 heavy (non-hydrogen) atoms. The molecule has 1 amide bonds. The number of aromatic nitrogens is 1. The molecule has 0 aromatic carbocycles. The van der Waals surface area contributed by atoms with E-state index in [-0.39, 0.29) is 11.8 Å². The van der Waals surface area contributed by atoms with Crippen LogP contribution in [0.2, 0.25) is 0 Å². The summed E-state index contributed by atoms with van der Waals surface area (Å²) in [5.41, 5.74) is 0.811. The van der Waals surface area contributed by atoms with Crippen LogP contribution in [0.25, 0.3) is 0 Å². The molecule has 1 aliphatic carbocycles. The summed E-state index contributed by atoms with van der Waals surface area (Å²) in [6.07, 6.45) is 6.38. The van der Waals surface area contributed by atoms with Crippen LogP contribution in [0.4, 0.5) is 11.5 Å². The van der Waals surface area contributed by atoms with Crippen LogP contribution in [-0.2, 0) is 4.79 Å². The lowest BCUT2D eigenvalue weighted by molar-refractivity contribution is -0.117. The minimum atomic E-state index is 0.140. The molecule has 0 bridgehead atoms. The van der Waals surface area contributed by atoms with E-state index in [0.717, 1.165) is 43.4 Å². The molecule has 2 aliphatic rings. The van der Waals surface area contributed by atoms with Gasteiger partial charge in [0.15, 0.2) is 0 Å². The zero-order valence-electron chi connectivity index (χ0n) is 11.4. The molecule has 3 rings (SSSR count). The largest absolute Gasteiger partial charge is 0.356 e. The van der Waals surface area contributed by atoms with Crippen molar-refractivity contribution in [3.05, 3.63) is 18.3 Å². The molecule has 4 nitrogen and oxygen atoms in total. The average molecular weight is 259 g/mol. The first-order chi connectivity index (χ1) is 9.22. The first kappa shape index (κ1) is 12.5. The van der Waals surface area contributed by atoms with E-state index in [0.29, 0.717) is 0 Å². The maximum Gasteiger partial charge on any atom is 0.227 e. The molecule has 1 unspecified atom stereocenters. The standard InChI is InChI=1S/C15H21N3O/c1-11-3-2-8-18(10-11)14-7-6-13(9-16-14)17-15(19)12-4-5-12/h6-7,9,11-12H,2-5,8,10H2,1H3,(H,17,19). The fraction of sp³-hybridized carbons (Fsp3) is 0.600. The van der Waals surface area contributed by atoms with Gasteiger partial charge >= 0.3 is 0 Å². The second-order valence-electron chi connectivity index (χ2n) is 5.86. The molecule has 0 spiro atoms. The summed E-state index contributed by atoms with van der Waals surface area (Å²) in [6, 6.07) is 3.97. The van der Waals surface area contributed by atoms with Gasteiger partial charge in [0.1, 0.15) is 5.82 Å². The Balaban J connectivity index is 1.62. The fourth-order valence-corrected chi connectivity index (χ4v) is 2.63. The van der Waals surface area contributed by atoms with Gasteiger partial charge in [-0.25, -0.2) is 4.98 Å². The van der Waals surface area contributed by atoms with Crippen molar-refractivity contribution < 1.29 is 4.79 Å². The van der Waals surface area contributed by atoms with Crippen molar-refractivity contribution in [2.24, 2.45) is 11.8 Å². The number of carbonyl (C=O) groups is 1. The van der Waals surface area contributed by atoms with Crippen molar-refractivity contribution in [2.45, 2.75) is 32.6 Å². The predicted molar refractivity (Wildman–Crippen MR) is 76.2 cm³/mol. The summed E-state index contributed by atoms with van der Waals surface area (Å²) in [7, 11) is 0. The number of hydrogen-bond acceptors (Lipinski definition) is 3. The van der Waals surface area contributed by atoms with E-state index in [4.69, 9.17) is 0 Å². The summed E-state index contributed by atoms with van der Waals surface area (Å²) in [5, 5.41) is 2.92. The van der Waals surface area contributed by atoms with Gasteiger partial charge in [-0.3, -0.25) is 4.79 Å². The number of rotatable bonds is 3. The molecule has 1 aromatic rings. The third-order valence-electron chi connectivity index (χ3n) is 3.94. The van der Waals surface area contributed by atoms with Crippen molar-refractivity contribution in [2.75, 3.05) is 23.3 Å². The molecule has 1 aromatic heterocycles. The zero-order valence-corrected chi connectivity index (χ0v) is 11.4. The molecule has 1 saturated heterocycles. The number of piperidine rings is 1. The molecular formula is C15H21N3O. The molecule has 102 valence electrons. The van der Waals surface area contributed by atoms with Crippen LogP contribution < -0.4 is 10.2 Å². The van der Waals surface area contributed by atoms with Gasteiger partial charge in [-0.1, -0.05) is 6.92 Å². The summed E-state index contributed by atoms with van der Waals surface area (Å²) in [6.45, 7) is 4.46. The Labute approximate surface area is 114 Å². The highest BCUT2D eigenvalue weighted by Crippen LogP contribution is 2.30. The third kappa shape index (κ3) is 3.06. The number of hydrogen-bond donors (Lipinski definition) is 1. The summed E-state index contributed by atoms with van der Waals surface area (Å²) < 4.78 is 0. The van der Waals surface area contributed by atoms with Crippen LogP contribution in [0.3, 0.4) is 0 Å². The summed E-state index contributed by atoms with van der Waals surface area (Å²) >= 11 is 0. The van der Waals surface area contributed by atoms with E-state index in [1.165, 1.54) is 12.8 Å². The van der Waals surface area contributed by atoms with Gasteiger partial charge in [0.25, 0.3) is 0 Å². The van der Waals surface area contributed by atoms with Crippen molar-refractivity contribution >= 4 is 17.4 Å². The van der Waals surface area contributed by atoms with Crippen molar-refractivity contribution in [1.29, 1.82) is 0 Å². The predicted octanol–water partition coefficient (Wildman–Crippen LogP) is 2.67. The number of anilines is 2. The van der Waals surface area contributed by atoms with E-state index < -0.39 is 0 Å². The van der Waals surface area contributed by atoms with Crippen molar-refractivity contribution in [1.82, 2.24) is 4.98 Å². The normalized spacial score (nSPS) is 23.2. The van der Waals surface area contributed by atoms with Crippen LogP contribution in [0, 0.1) is 11.8 Å². The Morgan fingerprint density at radius 1 is 1.37 bits per heavy atom. The molecule has 1 saturated carbocycles. The first-order valence-electron chi connectivity index (χ1n) is 7.24. The maximum absolute atomic E-state index is 11.7. The number of nitrogens with zero attached hydrogens (tertiary/aromatic N) is 2. The smallest absolute Gasteiger partial charge is 0.227 e. The van der Waals surface area contributed by atoms with Crippen molar-refractivity contribution in [3.8, 4) is 0 Å². The molecule has 1 N–H and O–H groups in total. The Morgan fingerprint density at radius 3 is 2.84 bits per heavy atom. The van der Waals surface area contributed by atoms with Crippen LogP contribution >= 0.6 is 0 Å². The maximum atomic E-state index is 11.7. The van der Waals surface area contributed by atoms with Crippen LogP contribution in [0.1, 0.15) is 32.6 Å². The quantitative estimate of drug-likeness (QED) is 0.907. The molecule has 2 fully saturated rings. The van der Waals surface area contributed by atoms with Gasteiger partial charge in [-0.05, 0) is 43.7 Å². The average Bonchev–Trinajstić information content (AvgIpc) is 3.24. The lowest BCUT2D eigenvalue weighted by Crippen LogP contribution is -2.34. The lowest BCUT2D eigenvalue weighted by atomic mass is 10.0. The Morgan fingerprint density at radius 2 is 2.21 bits per heavy atom. The topological polar surface area (TPSA) is 45.2 Å². The highest BCUT2D eigenvalue weighted by Gasteiger charge is 2.29. The van der Waals surface area contributed by atoms with Crippen LogP contribution in [0.5, 0.6) is 0 Å². The molecule has 4 heteroatoms. The number of amides is 1. The van der Waals surface area contributed by atoms with Crippen LogP contribution in [0.15, 0.2) is 18.3 Å². The summed E-state index contributed by atoms with van der Waals surface area (Å²) in [5.74, 6) is 2.14. The van der Waals surface area contributed by atoms with Gasteiger partial charge < -0.3 is 10.2 Å².